The normalized spacial score (nSPS) is 15.6. The van der Waals surface area contributed by atoms with Crippen molar-refractivity contribution in [3.8, 4) is 0 Å². The van der Waals surface area contributed by atoms with Crippen LogP contribution in [0.1, 0.15) is 50.4 Å². The van der Waals surface area contributed by atoms with Gasteiger partial charge in [0.25, 0.3) is 5.56 Å². The summed E-state index contributed by atoms with van der Waals surface area (Å²) in [6.45, 7) is 12.0. The minimum absolute atomic E-state index is 0.165. The van der Waals surface area contributed by atoms with E-state index in [9.17, 15) is 9.59 Å². The lowest BCUT2D eigenvalue weighted by Gasteiger charge is -2.24. The molecule has 0 saturated heterocycles. The van der Waals surface area contributed by atoms with E-state index >= 15 is 0 Å². The van der Waals surface area contributed by atoms with Crippen LogP contribution in [0.3, 0.4) is 0 Å². The van der Waals surface area contributed by atoms with Crippen molar-refractivity contribution in [3.63, 3.8) is 0 Å². The summed E-state index contributed by atoms with van der Waals surface area (Å²) in [6, 6.07) is 15.5. The summed E-state index contributed by atoms with van der Waals surface area (Å²) in [4.78, 5) is 34.1. The predicted molar refractivity (Wildman–Crippen MR) is 142 cm³/mol. The molecule has 0 radical (unpaired) electrons. The van der Waals surface area contributed by atoms with Crippen molar-refractivity contribution < 1.29 is 9.53 Å². The number of fused-ring (bicyclic) bond motifs is 1. The second-order valence-corrected chi connectivity index (χ2v) is 9.49. The van der Waals surface area contributed by atoms with Gasteiger partial charge in [0.05, 0.1) is 28.5 Å². The number of esters is 1. The lowest BCUT2D eigenvalue weighted by atomic mass is 9.95. The molecule has 6 nitrogen and oxygen atoms in total. The van der Waals surface area contributed by atoms with E-state index in [0.717, 1.165) is 35.5 Å². The molecule has 1 unspecified atom stereocenters. The molecular formula is C28H31N3O3S. The molecule has 1 atom stereocenters. The molecule has 1 aliphatic heterocycles. The molecule has 0 aliphatic carbocycles. The molecule has 0 bridgehead atoms. The molecule has 4 rings (SSSR count). The summed E-state index contributed by atoms with van der Waals surface area (Å²) < 4.78 is 7.56. The minimum atomic E-state index is -0.585. The van der Waals surface area contributed by atoms with E-state index in [2.05, 4.69) is 35.9 Å². The molecule has 0 spiro atoms. The highest BCUT2D eigenvalue weighted by Gasteiger charge is 2.33. The first-order valence-corrected chi connectivity index (χ1v) is 12.8. The van der Waals surface area contributed by atoms with E-state index in [1.807, 2.05) is 49.4 Å². The van der Waals surface area contributed by atoms with Gasteiger partial charge < -0.3 is 9.64 Å². The number of carbonyl (C=O) groups excluding carboxylic acids is 1. The number of ether oxygens (including phenoxy) is 1. The van der Waals surface area contributed by atoms with Crippen LogP contribution in [-0.4, -0.2) is 30.2 Å². The smallest absolute Gasteiger partial charge is 0.338 e. The molecule has 2 heterocycles. The first-order chi connectivity index (χ1) is 16.9. The van der Waals surface area contributed by atoms with Gasteiger partial charge in [0.15, 0.2) is 4.80 Å². The number of benzene rings is 2. The number of hydrogen-bond donors (Lipinski definition) is 0. The Labute approximate surface area is 209 Å². The topological polar surface area (TPSA) is 63.9 Å². The van der Waals surface area contributed by atoms with Gasteiger partial charge in [-0.05, 0) is 64.0 Å². The lowest BCUT2D eigenvalue weighted by Crippen LogP contribution is -2.39. The second-order valence-electron chi connectivity index (χ2n) is 8.48. The third-order valence-electron chi connectivity index (χ3n) is 6.23. The molecule has 1 aliphatic rings. The molecule has 0 fully saturated rings. The Morgan fingerprint density at radius 2 is 1.71 bits per heavy atom. The maximum atomic E-state index is 13.7. The van der Waals surface area contributed by atoms with Gasteiger partial charge in [-0.1, -0.05) is 53.3 Å². The average Bonchev–Trinajstić information content (AvgIpc) is 3.15. The van der Waals surface area contributed by atoms with Crippen LogP contribution in [0.25, 0.3) is 6.08 Å². The highest BCUT2D eigenvalue weighted by atomic mass is 32.1. The molecular weight excluding hydrogens is 458 g/mol. The van der Waals surface area contributed by atoms with Crippen molar-refractivity contribution in [3.05, 3.63) is 96.2 Å². The standard InChI is InChI=1S/C28H31N3O3S/c1-6-30(7-2)22-15-11-20(12-16-22)17-23-26(32)31-25(21-13-9-18(4)10-14-21)24(27(33)34-8-3)19(5)29-28(31)35-23/h9-17,25H,6-8H2,1-5H3/b23-17+. The van der Waals surface area contributed by atoms with Crippen LogP contribution in [0, 0.1) is 6.92 Å². The lowest BCUT2D eigenvalue weighted by molar-refractivity contribution is -0.139. The zero-order chi connectivity index (χ0) is 25.1. The second kappa shape index (κ2) is 10.4. The number of hydrogen-bond acceptors (Lipinski definition) is 6. The fourth-order valence-electron chi connectivity index (χ4n) is 4.38. The number of allylic oxidation sites excluding steroid dienone is 1. The van der Waals surface area contributed by atoms with Crippen molar-refractivity contribution in [1.29, 1.82) is 0 Å². The number of nitrogens with zero attached hydrogens (tertiary/aromatic N) is 3. The zero-order valence-corrected chi connectivity index (χ0v) is 21.7. The van der Waals surface area contributed by atoms with E-state index in [0.29, 0.717) is 20.6 Å². The Hall–Kier alpha value is -3.45. The Bertz CT molecular complexity index is 1430. The van der Waals surface area contributed by atoms with Crippen LogP contribution in [-0.2, 0) is 9.53 Å². The number of carbonyl (C=O) groups is 1. The average molecular weight is 490 g/mol. The number of thiazole rings is 1. The Kier molecular flexibility index (Phi) is 7.36. The van der Waals surface area contributed by atoms with E-state index in [4.69, 9.17) is 4.74 Å². The van der Waals surface area contributed by atoms with Crippen molar-refractivity contribution in [2.45, 2.75) is 40.7 Å². The number of anilines is 1. The highest BCUT2D eigenvalue weighted by Crippen LogP contribution is 2.30. The maximum absolute atomic E-state index is 13.7. The van der Waals surface area contributed by atoms with E-state index in [-0.39, 0.29) is 12.2 Å². The third kappa shape index (κ3) is 4.86. The van der Waals surface area contributed by atoms with Crippen molar-refractivity contribution in [2.24, 2.45) is 4.99 Å². The molecule has 2 aromatic carbocycles. The molecule has 0 amide bonds. The van der Waals surface area contributed by atoms with Gasteiger partial charge in [-0.15, -0.1) is 0 Å². The molecule has 0 N–H and O–H groups in total. The van der Waals surface area contributed by atoms with Crippen LogP contribution in [0.4, 0.5) is 5.69 Å². The first kappa shape index (κ1) is 24.7. The minimum Gasteiger partial charge on any atom is -0.463 e. The van der Waals surface area contributed by atoms with Crippen molar-refractivity contribution in [1.82, 2.24) is 4.57 Å². The highest BCUT2D eigenvalue weighted by molar-refractivity contribution is 7.07. The zero-order valence-electron chi connectivity index (χ0n) is 20.9. The van der Waals surface area contributed by atoms with Gasteiger partial charge in [-0.3, -0.25) is 9.36 Å². The van der Waals surface area contributed by atoms with E-state index in [1.54, 1.807) is 18.4 Å². The molecule has 0 saturated carbocycles. The van der Waals surface area contributed by atoms with E-state index < -0.39 is 12.0 Å². The Morgan fingerprint density at radius 1 is 1.06 bits per heavy atom. The number of aryl methyl sites for hydroxylation is 1. The van der Waals surface area contributed by atoms with Gasteiger partial charge in [0, 0.05) is 18.8 Å². The van der Waals surface area contributed by atoms with Gasteiger partial charge in [-0.25, -0.2) is 9.79 Å². The van der Waals surface area contributed by atoms with Crippen molar-refractivity contribution >= 4 is 29.1 Å². The van der Waals surface area contributed by atoms with Crippen LogP contribution in [0.5, 0.6) is 0 Å². The van der Waals surface area contributed by atoms with Gasteiger partial charge in [-0.2, -0.15) is 0 Å². The Balaban J connectivity index is 1.85. The van der Waals surface area contributed by atoms with Crippen molar-refractivity contribution in [2.75, 3.05) is 24.6 Å². The predicted octanol–water partition coefficient (Wildman–Crippen LogP) is 3.95. The van der Waals surface area contributed by atoms with Crippen LogP contribution in [0.15, 0.2) is 69.6 Å². The van der Waals surface area contributed by atoms with Crippen LogP contribution < -0.4 is 19.8 Å². The summed E-state index contributed by atoms with van der Waals surface area (Å²) >= 11 is 1.34. The largest absolute Gasteiger partial charge is 0.463 e. The van der Waals surface area contributed by atoms with Crippen LogP contribution >= 0.6 is 11.3 Å². The fraction of sp³-hybridized carbons (Fsp3) is 0.321. The Morgan fingerprint density at radius 3 is 2.31 bits per heavy atom. The monoisotopic (exact) mass is 489 g/mol. The summed E-state index contributed by atoms with van der Waals surface area (Å²) in [5, 5.41) is 0. The molecule has 35 heavy (non-hydrogen) atoms. The molecule has 1 aromatic heterocycles. The fourth-order valence-corrected chi connectivity index (χ4v) is 5.42. The summed E-state index contributed by atoms with van der Waals surface area (Å²) in [5.74, 6) is -0.444. The third-order valence-corrected chi connectivity index (χ3v) is 7.21. The summed E-state index contributed by atoms with van der Waals surface area (Å²) in [6.07, 6.45) is 1.89. The molecule has 182 valence electrons. The summed E-state index contributed by atoms with van der Waals surface area (Å²) in [7, 11) is 0. The quantitative estimate of drug-likeness (QED) is 0.472. The maximum Gasteiger partial charge on any atom is 0.338 e. The SMILES string of the molecule is CCOC(=O)C1=C(C)N=c2s/c(=C/c3ccc(N(CC)CC)cc3)c(=O)n2C1c1ccc(C)cc1. The number of rotatable bonds is 7. The first-order valence-electron chi connectivity index (χ1n) is 12.0. The van der Waals surface area contributed by atoms with Gasteiger partial charge in [0.2, 0.25) is 0 Å². The van der Waals surface area contributed by atoms with E-state index in [1.165, 1.54) is 11.3 Å². The summed E-state index contributed by atoms with van der Waals surface area (Å²) in [5.41, 5.74) is 4.86. The molecule has 3 aromatic rings. The van der Waals surface area contributed by atoms with Gasteiger partial charge >= 0.3 is 5.97 Å². The van der Waals surface area contributed by atoms with Gasteiger partial charge in [0.1, 0.15) is 0 Å². The molecule has 7 heteroatoms. The number of aromatic nitrogens is 1. The van der Waals surface area contributed by atoms with Crippen LogP contribution in [0.2, 0.25) is 0 Å².